The fourth-order valence-electron chi connectivity index (χ4n) is 0.378. The van der Waals surface area contributed by atoms with Gasteiger partial charge in [0, 0.05) is 0 Å². The molecule has 0 radical (unpaired) electrons. The molecule has 0 aliphatic carbocycles. The number of hydrogen-bond acceptors (Lipinski definition) is 4. The standard InChI is InChI=1S/C3H5NOS2/c5-2-1-4-3(6)7-2/h3-4,6H,1H2/t3-/m1/s1. The van der Waals surface area contributed by atoms with Crippen LogP contribution in [0.1, 0.15) is 0 Å². The molecular weight excluding hydrogens is 130 g/mol. The summed E-state index contributed by atoms with van der Waals surface area (Å²) in [5.74, 6) is 0. The Hall–Kier alpha value is 0.330. The second-order valence-corrected chi connectivity index (χ2v) is 3.25. The van der Waals surface area contributed by atoms with Crippen molar-refractivity contribution in [2.75, 3.05) is 6.54 Å². The van der Waals surface area contributed by atoms with Crippen molar-refractivity contribution in [1.82, 2.24) is 5.32 Å². The molecule has 0 aromatic heterocycles. The van der Waals surface area contributed by atoms with E-state index in [1.807, 2.05) is 0 Å². The lowest BCUT2D eigenvalue weighted by atomic mass is 10.7. The minimum absolute atomic E-state index is 0.0347. The Balaban J connectivity index is 2.40. The van der Waals surface area contributed by atoms with Crippen molar-refractivity contribution in [3.05, 3.63) is 0 Å². The normalized spacial score (nSPS) is 31.6. The van der Waals surface area contributed by atoms with Gasteiger partial charge >= 0.3 is 0 Å². The van der Waals surface area contributed by atoms with E-state index in [1.165, 1.54) is 11.8 Å². The van der Waals surface area contributed by atoms with Gasteiger partial charge in [0.2, 0.25) is 5.12 Å². The van der Waals surface area contributed by atoms with E-state index in [9.17, 15) is 4.79 Å². The number of carbonyl (C=O) groups is 1. The highest BCUT2D eigenvalue weighted by atomic mass is 32.2. The molecule has 1 rings (SSSR count). The Labute approximate surface area is 51.5 Å². The zero-order chi connectivity index (χ0) is 5.28. The molecule has 1 fully saturated rings. The lowest BCUT2D eigenvalue weighted by molar-refractivity contribution is -0.109. The van der Waals surface area contributed by atoms with Crippen molar-refractivity contribution in [1.29, 1.82) is 0 Å². The number of thiol groups is 1. The second-order valence-electron chi connectivity index (χ2n) is 1.22. The van der Waals surface area contributed by atoms with E-state index in [0.717, 1.165) is 0 Å². The van der Waals surface area contributed by atoms with Crippen LogP contribution in [0.5, 0.6) is 0 Å². The zero-order valence-corrected chi connectivity index (χ0v) is 5.26. The Morgan fingerprint density at radius 1 is 2.00 bits per heavy atom. The maximum Gasteiger partial charge on any atom is 0.205 e. The van der Waals surface area contributed by atoms with Crippen LogP contribution in [-0.4, -0.2) is 16.4 Å². The van der Waals surface area contributed by atoms with Crippen molar-refractivity contribution < 1.29 is 4.79 Å². The van der Waals surface area contributed by atoms with Crippen LogP contribution < -0.4 is 5.32 Å². The molecule has 40 valence electrons. The van der Waals surface area contributed by atoms with Gasteiger partial charge in [-0.3, -0.25) is 10.1 Å². The molecule has 0 aromatic rings. The fraction of sp³-hybridized carbons (Fsp3) is 0.667. The van der Waals surface area contributed by atoms with Crippen molar-refractivity contribution in [3.63, 3.8) is 0 Å². The maximum atomic E-state index is 10.3. The van der Waals surface area contributed by atoms with Gasteiger partial charge in [0.25, 0.3) is 0 Å². The molecule has 2 nitrogen and oxygen atoms in total. The van der Waals surface area contributed by atoms with Crippen LogP contribution >= 0.6 is 24.4 Å². The first kappa shape index (κ1) is 5.47. The number of thioether (sulfide) groups is 1. The monoisotopic (exact) mass is 135 g/mol. The predicted molar refractivity (Wildman–Crippen MR) is 33.4 cm³/mol. The van der Waals surface area contributed by atoms with Crippen LogP contribution in [0, 0.1) is 0 Å². The number of rotatable bonds is 0. The number of carbonyl (C=O) groups excluding carboxylic acids is 1. The van der Waals surface area contributed by atoms with Crippen molar-refractivity contribution in [2.45, 2.75) is 4.71 Å². The van der Waals surface area contributed by atoms with Gasteiger partial charge in [-0.25, -0.2) is 0 Å². The summed E-state index contributed by atoms with van der Waals surface area (Å²) >= 11 is 5.22. The minimum Gasteiger partial charge on any atom is -0.289 e. The third-order valence-corrected chi connectivity index (χ3v) is 1.96. The quantitative estimate of drug-likeness (QED) is 0.460. The predicted octanol–water partition coefficient (Wildman–Crippen LogP) is 0.0628. The summed E-state index contributed by atoms with van der Waals surface area (Å²) in [7, 11) is 0. The van der Waals surface area contributed by atoms with E-state index in [2.05, 4.69) is 17.9 Å². The van der Waals surface area contributed by atoms with Gasteiger partial charge in [0.15, 0.2) is 0 Å². The molecule has 1 heterocycles. The van der Waals surface area contributed by atoms with Crippen LogP contribution in [0.4, 0.5) is 0 Å². The van der Waals surface area contributed by atoms with Gasteiger partial charge in [-0.15, -0.1) is 12.6 Å². The molecule has 0 unspecified atom stereocenters. The summed E-state index contributed by atoms with van der Waals surface area (Å²) in [5, 5.41) is 3.03. The summed E-state index contributed by atoms with van der Waals surface area (Å²) < 4.78 is 0.0347. The van der Waals surface area contributed by atoms with Crippen molar-refractivity contribution >= 4 is 29.5 Å². The Morgan fingerprint density at radius 3 is 2.86 bits per heavy atom. The molecule has 1 aliphatic heterocycles. The Bertz CT molecular complexity index is 94.9. The van der Waals surface area contributed by atoms with Crippen LogP contribution in [0.3, 0.4) is 0 Å². The molecular formula is C3H5NOS2. The lowest BCUT2D eigenvalue weighted by Crippen LogP contribution is -2.13. The molecule has 1 atom stereocenters. The van der Waals surface area contributed by atoms with E-state index in [-0.39, 0.29) is 9.82 Å². The highest BCUT2D eigenvalue weighted by molar-refractivity contribution is 8.21. The molecule has 7 heavy (non-hydrogen) atoms. The first-order valence-corrected chi connectivity index (χ1v) is 3.29. The van der Waals surface area contributed by atoms with Gasteiger partial charge < -0.3 is 0 Å². The first-order valence-electron chi connectivity index (χ1n) is 1.90. The van der Waals surface area contributed by atoms with E-state index < -0.39 is 0 Å². The largest absolute Gasteiger partial charge is 0.289 e. The molecule has 1 aliphatic rings. The van der Waals surface area contributed by atoms with Gasteiger partial charge in [-0.1, -0.05) is 11.8 Å². The molecule has 1 saturated heterocycles. The van der Waals surface area contributed by atoms with E-state index in [1.54, 1.807) is 0 Å². The minimum atomic E-state index is 0.0347. The summed E-state index contributed by atoms with van der Waals surface area (Å²) in [5.41, 5.74) is 0. The summed E-state index contributed by atoms with van der Waals surface area (Å²) in [6, 6.07) is 0. The van der Waals surface area contributed by atoms with Crippen LogP contribution in [0.2, 0.25) is 0 Å². The molecule has 0 spiro atoms. The molecule has 0 bridgehead atoms. The van der Waals surface area contributed by atoms with Crippen LogP contribution in [-0.2, 0) is 4.79 Å². The third-order valence-electron chi connectivity index (χ3n) is 0.664. The average Bonchev–Trinajstić information content (AvgIpc) is 1.87. The van der Waals surface area contributed by atoms with Crippen LogP contribution in [0.25, 0.3) is 0 Å². The SMILES string of the molecule is O=C1CN[C@H](S)S1. The van der Waals surface area contributed by atoms with Gasteiger partial charge in [-0.2, -0.15) is 0 Å². The smallest absolute Gasteiger partial charge is 0.205 e. The maximum absolute atomic E-state index is 10.3. The third kappa shape index (κ3) is 1.36. The first-order chi connectivity index (χ1) is 3.29. The zero-order valence-electron chi connectivity index (χ0n) is 3.55. The summed E-state index contributed by atoms with van der Waals surface area (Å²) in [4.78, 5) is 10.3. The summed E-state index contributed by atoms with van der Waals surface area (Å²) in [6.07, 6.45) is 0. The Kier molecular flexibility index (Phi) is 1.61. The number of hydrogen-bond donors (Lipinski definition) is 2. The highest BCUT2D eigenvalue weighted by Gasteiger charge is 2.17. The topological polar surface area (TPSA) is 29.1 Å². The molecule has 0 aromatic carbocycles. The van der Waals surface area contributed by atoms with Gasteiger partial charge in [0.05, 0.1) is 6.54 Å². The van der Waals surface area contributed by atoms with Crippen molar-refractivity contribution in [3.8, 4) is 0 Å². The highest BCUT2D eigenvalue weighted by Crippen LogP contribution is 2.17. The molecule has 0 saturated carbocycles. The number of nitrogens with one attached hydrogen (secondary N) is 1. The molecule has 1 N–H and O–H groups in total. The second kappa shape index (κ2) is 2.07. The summed E-state index contributed by atoms with van der Waals surface area (Å²) in [6.45, 7) is 0.471. The van der Waals surface area contributed by atoms with E-state index in [4.69, 9.17) is 0 Å². The van der Waals surface area contributed by atoms with E-state index in [0.29, 0.717) is 6.54 Å². The Morgan fingerprint density at radius 2 is 2.71 bits per heavy atom. The van der Waals surface area contributed by atoms with Crippen molar-refractivity contribution in [2.24, 2.45) is 0 Å². The van der Waals surface area contributed by atoms with Gasteiger partial charge in [-0.05, 0) is 0 Å². The average molecular weight is 135 g/mol. The van der Waals surface area contributed by atoms with Gasteiger partial charge in [0.1, 0.15) is 4.71 Å². The molecule has 4 heteroatoms. The lowest BCUT2D eigenvalue weighted by Gasteiger charge is -1.91. The van der Waals surface area contributed by atoms with E-state index >= 15 is 0 Å². The molecule has 0 amide bonds. The van der Waals surface area contributed by atoms with Crippen LogP contribution in [0.15, 0.2) is 0 Å². The fourth-order valence-corrected chi connectivity index (χ4v) is 1.40.